The number of aryl methyl sites for hydroxylation is 1. The van der Waals surface area contributed by atoms with Gasteiger partial charge in [-0.2, -0.15) is 5.10 Å². The van der Waals surface area contributed by atoms with Crippen LogP contribution in [0.2, 0.25) is 0 Å². The van der Waals surface area contributed by atoms with E-state index in [9.17, 15) is 9.59 Å². The molecule has 7 heteroatoms. The molecular formula is C22H28N4O3. The minimum absolute atomic E-state index is 0.0124. The van der Waals surface area contributed by atoms with Crippen LogP contribution in [-0.4, -0.2) is 52.3 Å². The fraction of sp³-hybridized carbons (Fsp3) is 0.500. The summed E-state index contributed by atoms with van der Waals surface area (Å²) in [7, 11) is 0. The van der Waals surface area contributed by atoms with Gasteiger partial charge in [0.2, 0.25) is 5.91 Å². The zero-order valence-corrected chi connectivity index (χ0v) is 16.6. The van der Waals surface area contributed by atoms with E-state index in [1.165, 1.54) is 0 Å². The van der Waals surface area contributed by atoms with E-state index in [-0.39, 0.29) is 24.0 Å². The van der Waals surface area contributed by atoms with Crippen LogP contribution in [0, 0.1) is 0 Å². The number of hydrogen-bond acceptors (Lipinski definition) is 4. The Kier molecular flexibility index (Phi) is 6.24. The largest absolute Gasteiger partial charge is 0.368 e. The standard InChI is InChI=1S/C22H28N4O3/c27-21(9-8-17-5-2-1-3-6-17)24-20-10-13-23-26(20)18-11-14-25(15-12-18)22(28)19-7-4-16-29-19/h1-3,5-6,10,13,18-19H,4,7-9,11-12,14-16H2,(H,24,27). The van der Waals surface area contributed by atoms with E-state index in [0.717, 1.165) is 37.1 Å². The van der Waals surface area contributed by atoms with Crippen molar-refractivity contribution in [2.75, 3.05) is 25.0 Å². The van der Waals surface area contributed by atoms with Crippen molar-refractivity contribution in [3.8, 4) is 0 Å². The highest BCUT2D eigenvalue weighted by atomic mass is 16.5. The summed E-state index contributed by atoms with van der Waals surface area (Å²) in [5.41, 5.74) is 1.15. The third-order valence-electron chi connectivity index (χ3n) is 5.75. The Morgan fingerprint density at radius 3 is 2.62 bits per heavy atom. The maximum absolute atomic E-state index is 12.5. The van der Waals surface area contributed by atoms with Crippen LogP contribution in [0.4, 0.5) is 5.82 Å². The van der Waals surface area contributed by atoms with E-state index >= 15 is 0 Å². The van der Waals surface area contributed by atoms with E-state index in [2.05, 4.69) is 10.4 Å². The average Bonchev–Trinajstić information content (AvgIpc) is 3.45. The third-order valence-corrected chi connectivity index (χ3v) is 5.75. The van der Waals surface area contributed by atoms with E-state index in [1.54, 1.807) is 6.20 Å². The molecule has 0 radical (unpaired) electrons. The number of carbonyl (C=O) groups excluding carboxylic acids is 2. The predicted octanol–water partition coefficient (Wildman–Crippen LogP) is 2.80. The van der Waals surface area contributed by atoms with Gasteiger partial charge in [-0.25, -0.2) is 4.68 Å². The fourth-order valence-corrected chi connectivity index (χ4v) is 4.12. The first-order chi connectivity index (χ1) is 14.2. The Labute approximate surface area is 171 Å². The molecule has 2 fully saturated rings. The molecule has 2 aromatic rings. The van der Waals surface area contributed by atoms with Crippen molar-refractivity contribution in [2.24, 2.45) is 0 Å². The van der Waals surface area contributed by atoms with Gasteiger partial charge in [-0.1, -0.05) is 30.3 Å². The zero-order valence-electron chi connectivity index (χ0n) is 16.6. The molecule has 1 aromatic carbocycles. The molecule has 0 aliphatic carbocycles. The molecule has 2 amide bonds. The molecule has 1 aromatic heterocycles. The number of hydrogen-bond donors (Lipinski definition) is 1. The molecular weight excluding hydrogens is 368 g/mol. The van der Waals surface area contributed by atoms with Crippen molar-refractivity contribution in [2.45, 2.75) is 50.7 Å². The summed E-state index contributed by atoms with van der Waals surface area (Å²) < 4.78 is 7.43. The minimum atomic E-state index is -0.254. The van der Waals surface area contributed by atoms with Crippen LogP contribution in [0.5, 0.6) is 0 Å². The zero-order chi connectivity index (χ0) is 20.1. The number of likely N-dealkylation sites (tertiary alicyclic amines) is 1. The Bertz CT molecular complexity index is 822. The highest BCUT2D eigenvalue weighted by molar-refractivity contribution is 5.90. The number of benzene rings is 1. The van der Waals surface area contributed by atoms with E-state index in [1.807, 2.05) is 46.0 Å². The predicted molar refractivity (Wildman–Crippen MR) is 109 cm³/mol. The lowest BCUT2D eigenvalue weighted by Crippen LogP contribution is -2.44. The monoisotopic (exact) mass is 396 g/mol. The Morgan fingerprint density at radius 1 is 1.10 bits per heavy atom. The summed E-state index contributed by atoms with van der Waals surface area (Å²) in [6, 6.07) is 12.0. The number of amides is 2. The lowest BCUT2D eigenvalue weighted by atomic mass is 10.0. The van der Waals surface area contributed by atoms with E-state index < -0.39 is 0 Å². The van der Waals surface area contributed by atoms with Crippen molar-refractivity contribution >= 4 is 17.6 Å². The van der Waals surface area contributed by atoms with Gasteiger partial charge in [0.1, 0.15) is 11.9 Å². The second kappa shape index (κ2) is 9.22. The lowest BCUT2D eigenvalue weighted by Gasteiger charge is -2.33. The molecule has 2 aliphatic rings. The van der Waals surface area contributed by atoms with Crippen molar-refractivity contribution in [3.63, 3.8) is 0 Å². The Hall–Kier alpha value is -2.67. The molecule has 0 bridgehead atoms. The van der Waals surface area contributed by atoms with Gasteiger partial charge in [-0.3, -0.25) is 9.59 Å². The van der Waals surface area contributed by atoms with Crippen molar-refractivity contribution in [1.29, 1.82) is 0 Å². The number of rotatable bonds is 6. The topological polar surface area (TPSA) is 76.5 Å². The first kappa shape index (κ1) is 19.6. The summed E-state index contributed by atoms with van der Waals surface area (Å²) in [4.78, 5) is 26.8. The summed E-state index contributed by atoms with van der Waals surface area (Å²) in [5, 5.41) is 7.43. The van der Waals surface area contributed by atoms with Crippen LogP contribution < -0.4 is 5.32 Å². The Morgan fingerprint density at radius 2 is 1.90 bits per heavy atom. The van der Waals surface area contributed by atoms with E-state index in [4.69, 9.17) is 4.74 Å². The third kappa shape index (κ3) is 4.85. The SMILES string of the molecule is O=C(CCc1ccccc1)Nc1ccnn1C1CCN(C(=O)C2CCCO2)CC1. The van der Waals surface area contributed by atoms with Crippen LogP contribution in [0.3, 0.4) is 0 Å². The number of ether oxygens (including phenoxy) is 1. The molecule has 0 spiro atoms. The fourth-order valence-electron chi connectivity index (χ4n) is 4.12. The highest BCUT2D eigenvalue weighted by Crippen LogP contribution is 2.27. The first-order valence-electron chi connectivity index (χ1n) is 10.5. The van der Waals surface area contributed by atoms with Gasteiger partial charge in [0.25, 0.3) is 5.91 Å². The molecule has 2 saturated heterocycles. The molecule has 154 valence electrons. The molecule has 4 rings (SSSR count). The van der Waals surface area contributed by atoms with Crippen LogP contribution in [0.1, 0.15) is 43.7 Å². The lowest BCUT2D eigenvalue weighted by molar-refractivity contribution is -0.142. The molecule has 1 atom stereocenters. The van der Waals surface area contributed by atoms with Gasteiger partial charge in [0.15, 0.2) is 0 Å². The number of piperidine rings is 1. The second-order valence-electron chi connectivity index (χ2n) is 7.75. The van der Waals surface area contributed by atoms with Crippen LogP contribution in [0.25, 0.3) is 0 Å². The molecule has 1 N–H and O–H groups in total. The van der Waals surface area contributed by atoms with Gasteiger partial charge in [-0.15, -0.1) is 0 Å². The first-order valence-corrected chi connectivity index (χ1v) is 10.5. The van der Waals surface area contributed by atoms with E-state index in [0.29, 0.717) is 32.5 Å². The van der Waals surface area contributed by atoms with Crippen molar-refractivity contribution in [1.82, 2.24) is 14.7 Å². The molecule has 3 heterocycles. The second-order valence-corrected chi connectivity index (χ2v) is 7.75. The number of carbonyl (C=O) groups is 2. The minimum Gasteiger partial charge on any atom is -0.368 e. The van der Waals surface area contributed by atoms with Crippen molar-refractivity contribution < 1.29 is 14.3 Å². The average molecular weight is 396 g/mol. The van der Waals surface area contributed by atoms with Crippen LogP contribution in [-0.2, 0) is 20.7 Å². The van der Waals surface area contributed by atoms with Gasteiger partial charge in [0.05, 0.1) is 12.2 Å². The maximum Gasteiger partial charge on any atom is 0.251 e. The summed E-state index contributed by atoms with van der Waals surface area (Å²) in [5.74, 6) is 0.837. The Balaban J connectivity index is 1.29. The maximum atomic E-state index is 12.5. The van der Waals surface area contributed by atoms with Gasteiger partial charge < -0.3 is 15.0 Å². The number of nitrogens with one attached hydrogen (secondary N) is 1. The number of aromatic nitrogens is 2. The molecule has 29 heavy (non-hydrogen) atoms. The van der Waals surface area contributed by atoms with Crippen molar-refractivity contribution in [3.05, 3.63) is 48.2 Å². The molecule has 2 aliphatic heterocycles. The quantitative estimate of drug-likeness (QED) is 0.815. The smallest absolute Gasteiger partial charge is 0.251 e. The molecule has 1 unspecified atom stereocenters. The molecule has 0 saturated carbocycles. The normalized spacial score (nSPS) is 20.0. The summed E-state index contributed by atoms with van der Waals surface area (Å²) in [6.07, 6.45) is 6.06. The van der Waals surface area contributed by atoms with Gasteiger partial charge in [0, 0.05) is 32.2 Å². The molecule has 7 nitrogen and oxygen atoms in total. The highest BCUT2D eigenvalue weighted by Gasteiger charge is 2.31. The number of nitrogens with zero attached hydrogens (tertiary/aromatic N) is 3. The van der Waals surface area contributed by atoms with Gasteiger partial charge in [-0.05, 0) is 37.7 Å². The van der Waals surface area contributed by atoms with Gasteiger partial charge >= 0.3 is 0 Å². The summed E-state index contributed by atoms with van der Waals surface area (Å²) >= 11 is 0. The summed E-state index contributed by atoms with van der Waals surface area (Å²) in [6.45, 7) is 2.09. The van der Waals surface area contributed by atoms with Crippen LogP contribution >= 0.6 is 0 Å². The van der Waals surface area contributed by atoms with Crippen LogP contribution in [0.15, 0.2) is 42.6 Å². The number of anilines is 1.